The summed E-state index contributed by atoms with van der Waals surface area (Å²) in [5.41, 5.74) is 0.249. The summed E-state index contributed by atoms with van der Waals surface area (Å²) >= 11 is 3.33. The van der Waals surface area contributed by atoms with E-state index < -0.39 is 5.97 Å². The summed E-state index contributed by atoms with van der Waals surface area (Å²) in [6.07, 6.45) is 3.16. The number of hydrogen-bond acceptors (Lipinski definition) is 4. The van der Waals surface area contributed by atoms with Crippen LogP contribution in [0.25, 0.3) is 6.20 Å². The van der Waals surface area contributed by atoms with E-state index in [9.17, 15) is 9.59 Å². The number of nitrogens with zero attached hydrogens (tertiary/aromatic N) is 2. The summed E-state index contributed by atoms with van der Waals surface area (Å²) < 4.78 is 7.83. The van der Waals surface area contributed by atoms with E-state index in [0.29, 0.717) is 24.5 Å². The van der Waals surface area contributed by atoms with Crippen LogP contribution in [0.2, 0.25) is 0 Å². The van der Waals surface area contributed by atoms with Crippen molar-refractivity contribution in [2.45, 2.75) is 13.8 Å². The highest BCUT2D eigenvalue weighted by atomic mass is 79.9. The maximum atomic E-state index is 12.4. The maximum Gasteiger partial charge on any atom is 0.344 e. The predicted octanol–water partition coefficient (Wildman–Crippen LogP) is 3.57. The topological polar surface area (TPSA) is 51.5 Å². The van der Waals surface area contributed by atoms with E-state index in [4.69, 9.17) is 4.74 Å². The fourth-order valence-electron chi connectivity index (χ4n) is 2.11. The van der Waals surface area contributed by atoms with Gasteiger partial charge < -0.3 is 9.64 Å². The van der Waals surface area contributed by atoms with E-state index in [1.165, 1.54) is 16.8 Å². The van der Waals surface area contributed by atoms with Crippen molar-refractivity contribution in [2.24, 2.45) is 0 Å². The van der Waals surface area contributed by atoms with Crippen molar-refractivity contribution in [2.75, 3.05) is 13.1 Å². The normalized spacial score (nSPS) is 11.2. The molecular weight excluding hydrogens is 372 g/mol. The molecule has 0 N–H and O–H groups in total. The third kappa shape index (κ3) is 4.58. The van der Waals surface area contributed by atoms with Crippen molar-refractivity contribution in [3.63, 3.8) is 0 Å². The first-order valence-electron chi connectivity index (χ1n) is 7.66. The molecule has 0 unspecified atom stereocenters. The molecule has 0 saturated heterocycles. The van der Waals surface area contributed by atoms with Gasteiger partial charge in [-0.05, 0) is 44.2 Å². The summed E-state index contributed by atoms with van der Waals surface area (Å²) in [7, 11) is 0. The molecule has 0 aliphatic rings. The molecule has 0 aliphatic heterocycles. The Bertz CT molecular complexity index is 777. The Kier molecular flexibility index (Phi) is 6.37. The molecule has 1 aromatic carbocycles. The van der Waals surface area contributed by atoms with Gasteiger partial charge in [-0.1, -0.05) is 22.0 Å². The van der Waals surface area contributed by atoms with E-state index in [-0.39, 0.29) is 5.56 Å². The fourth-order valence-corrected chi connectivity index (χ4v) is 2.38. The summed E-state index contributed by atoms with van der Waals surface area (Å²) in [6, 6.07) is 11.8. The van der Waals surface area contributed by atoms with Crippen molar-refractivity contribution >= 4 is 28.1 Å². The van der Waals surface area contributed by atoms with Crippen LogP contribution in [0.4, 0.5) is 0 Å². The Morgan fingerprint density at radius 1 is 1.17 bits per heavy atom. The molecular formula is C18H19BrN2O3. The monoisotopic (exact) mass is 390 g/mol. The highest BCUT2D eigenvalue weighted by molar-refractivity contribution is 9.10. The van der Waals surface area contributed by atoms with Crippen LogP contribution in [0.15, 0.2) is 63.8 Å². The highest BCUT2D eigenvalue weighted by Gasteiger charge is 2.15. The molecule has 0 bridgehead atoms. The Morgan fingerprint density at radius 2 is 1.83 bits per heavy atom. The number of halogens is 1. The quantitative estimate of drug-likeness (QED) is 0.558. The number of rotatable bonds is 6. The average molecular weight is 391 g/mol. The van der Waals surface area contributed by atoms with Gasteiger partial charge in [-0.15, -0.1) is 0 Å². The van der Waals surface area contributed by atoms with Crippen molar-refractivity contribution < 1.29 is 9.53 Å². The fraction of sp³-hybridized carbons (Fsp3) is 0.222. The highest BCUT2D eigenvalue weighted by Crippen LogP contribution is 2.15. The summed E-state index contributed by atoms with van der Waals surface area (Å²) in [5, 5.41) is 0. The lowest BCUT2D eigenvalue weighted by Gasteiger charge is -2.23. The minimum Gasteiger partial charge on any atom is -0.404 e. The van der Waals surface area contributed by atoms with E-state index in [2.05, 4.69) is 15.9 Å². The summed E-state index contributed by atoms with van der Waals surface area (Å²) in [5.74, 6) is -0.133. The maximum absolute atomic E-state index is 12.4. The van der Waals surface area contributed by atoms with Crippen LogP contribution in [-0.2, 0) is 4.74 Å². The predicted molar refractivity (Wildman–Crippen MR) is 97.5 cm³/mol. The third-order valence-electron chi connectivity index (χ3n) is 3.45. The zero-order valence-electron chi connectivity index (χ0n) is 13.6. The number of ether oxygens (including phenoxy) is 1. The van der Waals surface area contributed by atoms with E-state index in [1.807, 2.05) is 18.7 Å². The van der Waals surface area contributed by atoms with Gasteiger partial charge >= 0.3 is 5.97 Å². The number of benzene rings is 1. The number of aromatic nitrogens is 1. The second-order valence-electron chi connectivity index (χ2n) is 4.98. The lowest BCUT2D eigenvalue weighted by molar-refractivity contribution is 0.0512. The van der Waals surface area contributed by atoms with E-state index >= 15 is 0 Å². The molecule has 6 heteroatoms. The molecule has 1 heterocycles. The first-order chi connectivity index (χ1) is 11.5. The number of carbonyl (C=O) groups excluding carboxylic acids is 1. The summed E-state index contributed by atoms with van der Waals surface area (Å²) in [6.45, 7) is 5.21. The van der Waals surface area contributed by atoms with Gasteiger partial charge in [-0.3, -0.25) is 9.36 Å². The number of carbonyl (C=O) groups is 1. The minimum absolute atomic E-state index is 0.193. The second kappa shape index (κ2) is 8.49. The largest absolute Gasteiger partial charge is 0.404 e. The van der Waals surface area contributed by atoms with E-state index in [0.717, 1.165) is 4.47 Å². The smallest absolute Gasteiger partial charge is 0.344 e. The van der Waals surface area contributed by atoms with Gasteiger partial charge in [-0.2, -0.15) is 0 Å². The number of pyridine rings is 1. The first-order valence-corrected chi connectivity index (χ1v) is 8.46. The molecule has 0 aliphatic carbocycles. The third-order valence-corrected chi connectivity index (χ3v) is 3.98. The molecule has 2 rings (SSSR count). The molecule has 1 aromatic heterocycles. The Morgan fingerprint density at radius 3 is 2.42 bits per heavy atom. The molecule has 0 atom stereocenters. The Hall–Kier alpha value is -2.34. The van der Waals surface area contributed by atoms with Crippen molar-refractivity contribution in [3.8, 4) is 0 Å². The number of hydrogen-bond donors (Lipinski definition) is 0. The average Bonchev–Trinajstić information content (AvgIpc) is 2.58. The zero-order valence-corrected chi connectivity index (χ0v) is 15.2. The minimum atomic E-state index is -0.468. The standard InChI is InChI=1S/C18H19BrN2O3/c1-3-20(4-2)17(13-21-12-6-5-7-16(21)22)24-18(23)14-8-10-15(19)11-9-14/h5-13H,3-4H2,1-2H3/b17-13+. The van der Waals surface area contributed by atoms with Gasteiger partial charge in [0.05, 0.1) is 11.8 Å². The SMILES string of the molecule is CCN(CC)/C(=C\n1ccccc1=O)OC(=O)c1ccc(Br)cc1. The lowest BCUT2D eigenvalue weighted by Crippen LogP contribution is -2.27. The lowest BCUT2D eigenvalue weighted by atomic mass is 10.2. The van der Waals surface area contributed by atoms with Gasteiger partial charge in [0.25, 0.3) is 5.56 Å². The molecule has 0 radical (unpaired) electrons. The molecule has 0 fully saturated rings. The van der Waals surface area contributed by atoms with Crippen molar-refractivity contribution in [1.29, 1.82) is 0 Å². The molecule has 0 amide bonds. The van der Waals surface area contributed by atoms with Crippen LogP contribution in [0.5, 0.6) is 0 Å². The Balaban J connectivity index is 2.33. The molecule has 0 spiro atoms. The van der Waals surface area contributed by atoms with Gasteiger partial charge in [0.15, 0.2) is 0 Å². The van der Waals surface area contributed by atoms with Crippen LogP contribution in [0.1, 0.15) is 24.2 Å². The first kappa shape index (κ1) is 18.0. The van der Waals surface area contributed by atoms with Gasteiger partial charge in [0, 0.05) is 29.8 Å². The summed E-state index contributed by atoms with van der Waals surface area (Å²) in [4.78, 5) is 26.2. The van der Waals surface area contributed by atoms with Crippen LogP contribution >= 0.6 is 15.9 Å². The van der Waals surface area contributed by atoms with Crippen LogP contribution in [-0.4, -0.2) is 28.5 Å². The van der Waals surface area contributed by atoms with Crippen LogP contribution < -0.4 is 5.56 Å². The zero-order chi connectivity index (χ0) is 17.5. The van der Waals surface area contributed by atoms with Gasteiger partial charge in [0.1, 0.15) is 0 Å². The van der Waals surface area contributed by atoms with Crippen LogP contribution in [0, 0.1) is 0 Å². The van der Waals surface area contributed by atoms with E-state index in [1.54, 1.807) is 42.6 Å². The number of esters is 1. The van der Waals surface area contributed by atoms with Crippen LogP contribution in [0.3, 0.4) is 0 Å². The Labute approximate surface area is 149 Å². The van der Waals surface area contributed by atoms with Crippen molar-refractivity contribution in [3.05, 3.63) is 74.9 Å². The molecule has 2 aromatic rings. The molecule has 5 nitrogen and oxygen atoms in total. The second-order valence-corrected chi connectivity index (χ2v) is 5.90. The van der Waals surface area contributed by atoms with Gasteiger partial charge in [-0.25, -0.2) is 4.79 Å². The molecule has 126 valence electrons. The van der Waals surface area contributed by atoms with Crippen molar-refractivity contribution in [1.82, 2.24) is 9.47 Å². The van der Waals surface area contributed by atoms with Gasteiger partial charge in [0.2, 0.25) is 5.88 Å². The molecule has 0 saturated carbocycles. The molecule has 24 heavy (non-hydrogen) atoms.